The van der Waals surface area contributed by atoms with E-state index in [9.17, 15) is 48.1 Å². The summed E-state index contributed by atoms with van der Waals surface area (Å²) in [5, 5.41) is 29.3. The van der Waals surface area contributed by atoms with Crippen LogP contribution in [-0.2, 0) is 62.5 Å². The Hall–Kier alpha value is -4.66. The number of nitrogens with one attached hydrogen (secondary N) is 2. The van der Waals surface area contributed by atoms with E-state index in [1.807, 2.05) is 121 Å². The van der Waals surface area contributed by atoms with Gasteiger partial charge in [-0.15, -0.1) is 0 Å². The second-order valence-corrected chi connectivity index (χ2v) is 24.8. The summed E-state index contributed by atoms with van der Waals surface area (Å²) >= 11 is 0. The van der Waals surface area contributed by atoms with Gasteiger partial charge in [-0.25, -0.2) is 0 Å². The van der Waals surface area contributed by atoms with Gasteiger partial charge in [0, 0.05) is 50.8 Å². The molecule has 16 nitrogen and oxygen atoms in total. The van der Waals surface area contributed by atoms with Crippen molar-refractivity contribution in [3.05, 3.63) is 144 Å². The first-order chi connectivity index (χ1) is 34.5. The summed E-state index contributed by atoms with van der Waals surface area (Å²) in [6.45, 7) is 4.90. The first-order valence-corrected chi connectivity index (χ1v) is 29.2. The molecular weight excluding hydrogens is 995 g/mol. The van der Waals surface area contributed by atoms with Crippen LogP contribution in [0.25, 0.3) is 0 Å². The van der Waals surface area contributed by atoms with Crippen LogP contribution in [0.1, 0.15) is 87.5 Å². The average molecular weight is 1060 g/mol. The van der Waals surface area contributed by atoms with Crippen molar-refractivity contribution < 1.29 is 48.1 Å². The number of likely N-dealkylation sites (tertiary alicyclic amines) is 4. The number of aliphatic carboxylic acids is 2. The van der Waals surface area contributed by atoms with Crippen molar-refractivity contribution >= 4 is 87.9 Å². The van der Waals surface area contributed by atoms with Crippen LogP contribution in [0.3, 0.4) is 0 Å². The number of benzene rings is 4. The molecule has 0 aromatic heterocycles. The Morgan fingerprint density at radius 1 is 0.452 bits per heavy atom. The second kappa shape index (κ2) is 26.7. The Morgan fingerprint density at radius 2 is 0.699 bits per heavy atom. The molecule has 4 amide bonds. The molecule has 2 N–H and O–H groups in total. The summed E-state index contributed by atoms with van der Waals surface area (Å²) < 4.78 is 28.4. The maximum atomic E-state index is 14.2. The molecule has 4 fully saturated rings. The summed E-state index contributed by atoms with van der Waals surface area (Å²) in [6.07, 6.45) is 5.41. The predicted molar refractivity (Wildman–Crippen MR) is 276 cm³/mol. The average Bonchev–Trinajstić information content (AvgIpc) is 4.22. The van der Waals surface area contributed by atoms with Crippen molar-refractivity contribution in [2.75, 3.05) is 26.2 Å². The zero-order valence-electron chi connectivity index (χ0n) is 41.8. The molecule has 4 heterocycles. The number of carbonyl (C=O) groups excluding carboxylic acids is 6. The molecule has 0 unspecified atom stereocenters. The molecule has 4 aliphatic heterocycles. The van der Waals surface area contributed by atoms with E-state index in [0.29, 0.717) is 102 Å². The van der Waals surface area contributed by atoms with Gasteiger partial charge >= 0.3 is 37.7 Å². The molecule has 0 saturated carbocycles. The third-order valence-electron chi connectivity index (χ3n) is 14.0. The van der Waals surface area contributed by atoms with Crippen molar-refractivity contribution in [1.29, 1.82) is 0 Å². The maximum Gasteiger partial charge on any atom is 2.00 e. The van der Waals surface area contributed by atoms with Gasteiger partial charge in [0.2, 0.25) is 23.6 Å². The largest absolute Gasteiger partial charge is 2.00 e. The van der Waals surface area contributed by atoms with Crippen LogP contribution in [0.4, 0.5) is 0 Å². The third kappa shape index (κ3) is 15.2. The number of hydrogen-bond donors (Lipinski definition) is 2. The summed E-state index contributed by atoms with van der Waals surface area (Å²) in [6, 6.07) is 33.3. The van der Waals surface area contributed by atoms with Gasteiger partial charge in [0.15, 0.2) is 14.6 Å². The molecule has 8 rings (SSSR count). The van der Waals surface area contributed by atoms with Gasteiger partial charge in [0.25, 0.3) is 0 Å². The number of carboxylic acid groups (broad SMARTS) is 2. The molecule has 6 atom stereocenters. The SMILES string of the molecule is C[C@H](NP(=O)(Cc1ccccc1)Cc1ccccc1)C(=O)N1CCC[C@H]1C(=O)N1CCC[C@H]1C(=O)[O-].C[C@H](NP(=O)(Cc1ccccc1)Cc1ccccc1)C(=O)N1CCC[C@H]1C(=O)N1CCC[C@H]1C(=O)[O-].[Ca+2]. The monoisotopic (exact) mass is 1060 g/mol. The van der Waals surface area contributed by atoms with Gasteiger partial charge < -0.3 is 48.5 Å². The van der Waals surface area contributed by atoms with Crippen LogP contribution < -0.4 is 20.4 Å². The van der Waals surface area contributed by atoms with Gasteiger partial charge in [-0.1, -0.05) is 121 Å². The molecule has 4 aromatic rings. The fourth-order valence-corrected chi connectivity index (χ4v) is 16.1. The zero-order chi connectivity index (χ0) is 51.4. The Balaban J connectivity index is 0.000000235. The van der Waals surface area contributed by atoms with Crippen LogP contribution in [0.2, 0.25) is 0 Å². The van der Waals surface area contributed by atoms with E-state index < -0.39 is 62.8 Å². The fraction of sp³-hybridized carbons (Fsp3) is 0.444. The van der Waals surface area contributed by atoms with Crippen LogP contribution in [0.5, 0.6) is 0 Å². The number of carbonyl (C=O) groups is 6. The minimum Gasteiger partial charge on any atom is -0.548 e. The van der Waals surface area contributed by atoms with Gasteiger partial charge in [-0.3, -0.25) is 29.4 Å². The third-order valence-corrected chi connectivity index (χ3v) is 19.2. The van der Waals surface area contributed by atoms with Crippen LogP contribution >= 0.6 is 14.6 Å². The molecule has 4 aliphatic rings. The van der Waals surface area contributed by atoms with Crippen LogP contribution in [0.15, 0.2) is 121 Å². The number of hydrogen-bond acceptors (Lipinski definition) is 10. The molecule has 384 valence electrons. The summed E-state index contributed by atoms with van der Waals surface area (Å²) in [5.74, 6) is -3.77. The summed E-state index contributed by atoms with van der Waals surface area (Å²) in [4.78, 5) is 82.2. The smallest absolute Gasteiger partial charge is 0.548 e. The number of carboxylic acids is 2. The normalized spacial score (nSPS) is 20.6. The quantitative estimate of drug-likeness (QED) is 0.105. The summed E-state index contributed by atoms with van der Waals surface area (Å²) in [7, 11) is -6.16. The van der Waals surface area contributed by atoms with E-state index in [-0.39, 0.29) is 61.4 Å². The Labute approximate surface area is 458 Å². The maximum absolute atomic E-state index is 14.2. The molecule has 0 bridgehead atoms. The van der Waals surface area contributed by atoms with E-state index in [1.54, 1.807) is 13.8 Å². The molecule has 73 heavy (non-hydrogen) atoms. The van der Waals surface area contributed by atoms with E-state index in [0.717, 1.165) is 22.3 Å². The summed E-state index contributed by atoms with van der Waals surface area (Å²) in [5.41, 5.74) is 3.67. The van der Waals surface area contributed by atoms with Crippen molar-refractivity contribution in [3.63, 3.8) is 0 Å². The van der Waals surface area contributed by atoms with Gasteiger partial charge in [-0.05, 0) is 87.5 Å². The molecule has 4 aromatic carbocycles. The first kappa shape index (κ1) is 57.6. The van der Waals surface area contributed by atoms with Crippen molar-refractivity contribution in [1.82, 2.24) is 29.8 Å². The fourth-order valence-electron chi connectivity index (χ4n) is 10.6. The van der Waals surface area contributed by atoms with Crippen molar-refractivity contribution in [2.24, 2.45) is 0 Å². The first-order valence-electron chi connectivity index (χ1n) is 25.1. The van der Waals surface area contributed by atoms with Gasteiger partial charge in [0.1, 0.15) is 12.1 Å². The zero-order valence-corrected chi connectivity index (χ0v) is 45.8. The van der Waals surface area contributed by atoms with E-state index >= 15 is 0 Å². The number of amides is 4. The van der Waals surface area contributed by atoms with E-state index in [1.165, 1.54) is 19.6 Å². The molecule has 4 saturated heterocycles. The topological polar surface area (TPSA) is 220 Å². The van der Waals surface area contributed by atoms with Crippen LogP contribution in [0, 0.1) is 0 Å². The van der Waals surface area contributed by atoms with Crippen molar-refractivity contribution in [2.45, 2.75) is 126 Å². The van der Waals surface area contributed by atoms with Crippen molar-refractivity contribution in [3.8, 4) is 0 Å². The van der Waals surface area contributed by atoms with E-state index in [4.69, 9.17) is 0 Å². The van der Waals surface area contributed by atoms with Gasteiger partial charge in [0.05, 0.1) is 36.1 Å². The molecule has 0 spiro atoms. The second-order valence-electron chi connectivity index (χ2n) is 19.5. The molecule has 19 heteroatoms. The minimum absolute atomic E-state index is 0. The standard InChI is InChI=1S/2C27H34N3O5P.Ca/c2*1-20(25(31)29-16-8-14-23(29)26(32)30-17-9-15-24(30)27(33)34)28-36(35,18-21-10-4-2-5-11-21)19-22-12-6-3-7-13-22;/h2*2-7,10-13,20,23-24H,8-9,14-19H2,1H3,(H,28,35)(H,33,34);/q;;+2/p-2/t2*20-,23-,24-;/m00./s1. The predicted octanol–water partition coefficient (Wildman–Crippen LogP) is 4.37. The van der Waals surface area contributed by atoms with Gasteiger partial charge in [-0.2, -0.15) is 0 Å². The molecule has 0 aliphatic carbocycles. The number of nitrogens with zero attached hydrogens (tertiary/aromatic N) is 4. The Morgan fingerprint density at radius 3 is 0.959 bits per heavy atom. The molecular formula is C54H66CaN6O10P2. The Bertz CT molecular complexity index is 2350. The minimum atomic E-state index is -3.08. The van der Waals surface area contributed by atoms with E-state index in [2.05, 4.69) is 10.2 Å². The van der Waals surface area contributed by atoms with Crippen LogP contribution in [-0.4, -0.2) is 155 Å². The number of rotatable bonds is 18. The Kier molecular flexibility index (Phi) is 21.1. The molecule has 0 radical (unpaired) electrons.